The van der Waals surface area contributed by atoms with Crippen molar-refractivity contribution in [3.8, 4) is 5.75 Å². The minimum absolute atomic E-state index is 0.631. The number of rotatable bonds is 0. The Morgan fingerprint density at radius 3 is 3.29 bits per heavy atom. The molecule has 5 nitrogen and oxygen atoms in total. The second kappa shape index (κ2) is 2.66. The van der Waals surface area contributed by atoms with Crippen LogP contribution in [-0.2, 0) is 0 Å². The second-order valence-corrected chi connectivity index (χ2v) is 2.88. The van der Waals surface area contributed by atoms with E-state index in [1.165, 1.54) is 0 Å². The van der Waals surface area contributed by atoms with Crippen molar-refractivity contribution in [2.75, 3.05) is 0 Å². The van der Waals surface area contributed by atoms with Gasteiger partial charge in [-0.25, -0.2) is 0 Å². The Bertz CT molecular complexity index is 559. The van der Waals surface area contributed by atoms with Crippen molar-refractivity contribution < 1.29 is 4.84 Å². The van der Waals surface area contributed by atoms with Crippen LogP contribution in [0, 0.1) is 0 Å². The van der Waals surface area contributed by atoms with E-state index in [4.69, 9.17) is 4.84 Å². The molecule has 68 valence electrons. The highest BCUT2D eigenvalue weighted by atomic mass is 16.7. The largest absolute Gasteiger partial charge is 0.360 e. The predicted molar refractivity (Wildman–Crippen MR) is 49.1 cm³/mol. The summed E-state index contributed by atoms with van der Waals surface area (Å²) in [5, 5.41) is 13.5. The minimum atomic E-state index is 0.631. The first-order chi connectivity index (χ1) is 6.95. The summed E-state index contributed by atoms with van der Waals surface area (Å²) in [5.74, 6) is 0.631. The van der Waals surface area contributed by atoms with Crippen LogP contribution in [0.2, 0.25) is 0 Å². The summed E-state index contributed by atoms with van der Waals surface area (Å²) in [6.07, 6.45) is 5.39. The van der Waals surface area contributed by atoms with E-state index >= 15 is 0 Å². The zero-order valence-corrected chi connectivity index (χ0v) is 7.14. The van der Waals surface area contributed by atoms with E-state index < -0.39 is 0 Å². The number of nitrogens with zero attached hydrogens (tertiary/aromatic N) is 3. The zero-order chi connectivity index (χ0) is 9.38. The maximum Gasteiger partial charge on any atom is 0.212 e. The minimum Gasteiger partial charge on any atom is -0.360 e. The summed E-state index contributed by atoms with van der Waals surface area (Å²) >= 11 is 0. The first-order valence-corrected chi connectivity index (χ1v) is 4.15. The van der Waals surface area contributed by atoms with Gasteiger partial charge in [-0.1, -0.05) is 12.1 Å². The maximum absolute atomic E-state index is 5.13. The Kier molecular flexibility index (Phi) is 1.38. The summed E-state index contributed by atoms with van der Waals surface area (Å²) < 4.78 is 0. The maximum atomic E-state index is 5.13. The van der Waals surface area contributed by atoms with Crippen LogP contribution in [0.3, 0.4) is 0 Å². The molecular formula is C9H6N4O. The first kappa shape index (κ1) is 7.25. The smallest absolute Gasteiger partial charge is 0.212 e. The fourth-order valence-corrected chi connectivity index (χ4v) is 1.40. The van der Waals surface area contributed by atoms with E-state index in [-0.39, 0.29) is 0 Å². The van der Waals surface area contributed by atoms with Crippen molar-refractivity contribution >= 4 is 11.8 Å². The molecule has 0 spiro atoms. The molecule has 5 heteroatoms. The van der Waals surface area contributed by atoms with Gasteiger partial charge in [0, 0.05) is 11.4 Å². The summed E-state index contributed by atoms with van der Waals surface area (Å²) in [6, 6.07) is 3.81. The molecule has 1 aromatic rings. The number of hydrogen-bond acceptors (Lipinski definition) is 5. The lowest BCUT2D eigenvalue weighted by atomic mass is 10.2. The molecule has 1 aromatic carbocycles. The van der Waals surface area contributed by atoms with Crippen molar-refractivity contribution in [1.29, 1.82) is 0 Å². The fraction of sp³-hybridized carbons (Fsp3) is 0. The van der Waals surface area contributed by atoms with Gasteiger partial charge in [0.1, 0.15) is 11.0 Å². The molecular weight excluding hydrogens is 180 g/mol. The molecule has 2 aliphatic rings. The van der Waals surface area contributed by atoms with E-state index in [0.29, 0.717) is 11.4 Å². The first-order valence-electron chi connectivity index (χ1n) is 4.15. The monoisotopic (exact) mass is 186 g/mol. The Morgan fingerprint density at radius 2 is 2.29 bits per heavy atom. The van der Waals surface area contributed by atoms with Gasteiger partial charge in [-0.3, -0.25) is 0 Å². The van der Waals surface area contributed by atoms with Gasteiger partial charge in [-0.15, -0.1) is 15.8 Å². The van der Waals surface area contributed by atoms with Crippen LogP contribution in [0.4, 0.5) is 5.69 Å². The van der Waals surface area contributed by atoms with E-state index in [0.717, 1.165) is 10.6 Å². The lowest BCUT2D eigenvalue weighted by molar-refractivity contribution is 0.222. The van der Waals surface area contributed by atoms with Crippen molar-refractivity contribution in [1.82, 2.24) is 5.59 Å². The van der Waals surface area contributed by atoms with Crippen LogP contribution >= 0.6 is 0 Å². The SMILES string of the molecule is C1=CN=Nc2c3c(ccc2=C1)=NNO3. The van der Waals surface area contributed by atoms with Gasteiger partial charge in [-0.05, 0) is 12.1 Å². The average Bonchev–Trinajstić information content (AvgIpc) is 2.55. The van der Waals surface area contributed by atoms with Gasteiger partial charge in [0.25, 0.3) is 0 Å². The van der Waals surface area contributed by atoms with Crippen LogP contribution in [0.5, 0.6) is 5.75 Å². The fourth-order valence-electron chi connectivity index (χ4n) is 1.40. The molecule has 0 saturated carbocycles. The topological polar surface area (TPSA) is 58.3 Å². The number of azo groups is 1. The van der Waals surface area contributed by atoms with Crippen LogP contribution < -0.4 is 21.0 Å². The van der Waals surface area contributed by atoms with Gasteiger partial charge in [0.15, 0.2) is 0 Å². The molecule has 0 fully saturated rings. The third-order valence-electron chi connectivity index (χ3n) is 2.04. The normalized spacial score (nSPS) is 15.4. The summed E-state index contributed by atoms with van der Waals surface area (Å²) in [6.45, 7) is 0. The van der Waals surface area contributed by atoms with Gasteiger partial charge in [0.05, 0.1) is 0 Å². The number of fused-ring (bicyclic) bond motifs is 3. The molecule has 2 aliphatic heterocycles. The molecule has 0 radical (unpaired) electrons. The molecule has 0 atom stereocenters. The number of hydrogen-bond donors (Lipinski definition) is 1. The predicted octanol–water partition coefficient (Wildman–Crippen LogP) is 0.510. The highest BCUT2D eigenvalue weighted by Gasteiger charge is 2.13. The molecule has 0 aliphatic carbocycles. The van der Waals surface area contributed by atoms with Crippen molar-refractivity contribution in [2.24, 2.45) is 15.3 Å². The van der Waals surface area contributed by atoms with Crippen molar-refractivity contribution in [3.63, 3.8) is 0 Å². The van der Waals surface area contributed by atoms with Gasteiger partial charge in [-0.2, -0.15) is 5.11 Å². The summed E-state index contributed by atoms with van der Waals surface area (Å²) in [4.78, 5) is 5.13. The zero-order valence-electron chi connectivity index (χ0n) is 7.14. The number of benzene rings is 1. The van der Waals surface area contributed by atoms with E-state index in [1.54, 1.807) is 6.20 Å². The number of nitrogens with one attached hydrogen (secondary N) is 1. The highest BCUT2D eigenvalue weighted by molar-refractivity contribution is 5.58. The van der Waals surface area contributed by atoms with Crippen LogP contribution in [0.25, 0.3) is 6.08 Å². The lowest BCUT2D eigenvalue weighted by Gasteiger charge is -1.98. The third-order valence-corrected chi connectivity index (χ3v) is 2.04. The van der Waals surface area contributed by atoms with E-state index in [1.807, 2.05) is 24.3 Å². The Hall–Kier alpha value is -2.17. The van der Waals surface area contributed by atoms with Crippen LogP contribution in [0.1, 0.15) is 0 Å². The van der Waals surface area contributed by atoms with Crippen LogP contribution in [-0.4, -0.2) is 0 Å². The van der Waals surface area contributed by atoms with E-state index in [9.17, 15) is 0 Å². The van der Waals surface area contributed by atoms with Crippen LogP contribution in [0.15, 0.2) is 39.7 Å². The molecule has 0 saturated heterocycles. The van der Waals surface area contributed by atoms with E-state index in [2.05, 4.69) is 20.9 Å². The van der Waals surface area contributed by atoms with Gasteiger partial charge >= 0.3 is 0 Å². The van der Waals surface area contributed by atoms with Gasteiger partial charge in [0.2, 0.25) is 5.75 Å². The summed E-state index contributed by atoms with van der Waals surface area (Å²) in [7, 11) is 0. The van der Waals surface area contributed by atoms with Crippen molar-refractivity contribution in [2.45, 2.75) is 0 Å². The highest BCUT2D eigenvalue weighted by Crippen LogP contribution is 2.20. The van der Waals surface area contributed by atoms with Gasteiger partial charge < -0.3 is 4.84 Å². The molecule has 3 rings (SSSR count). The Labute approximate surface area is 79.1 Å². The molecule has 1 N–H and O–H groups in total. The molecule has 14 heavy (non-hydrogen) atoms. The summed E-state index contributed by atoms with van der Waals surface area (Å²) in [5.41, 5.74) is 3.16. The molecule has 0 bridgehead atoms. The standard InChI is InChI=1S/C9H6N4O/c1-2-6-3-4-7-9(14-13-11-7)8(6)12-10-5-1/h1-5,13H. The average molecular weight is 186 g/mol. The Balaban J connectivity index is 2.42. The molecule has 0 aromatic heterocycles. The van der Waals surface area contributed by atoms with Crippen molar-refractivity contribution in [3.05, 3.63) is 35.0 Å². The third kappa shape index (κ3) is 0.922. The molecule has 0 amide bonds. The quantitative estimate of drug-likeness (QED) is 0.641. The Morgan fingerprint density at radius 1 is 1.29 bits per heavy atom. The lowest BCUT2D eigenvalue weighted by Crippen LogP contribution is -2.09. The molecule has 0 unspecified atom stereocenters. The second-order valence-electron chi connectivity index (χ2n) is 2.88. The number of allylic oxidation sites excluding steroid dienone is 1. The molecule has 2 heterocycles.